The fourth-order valence-corrected chi connectivity index (χ4v) is 4.71. The lowest BCUT2D eigenvalue weighted by Crippen LogP contribution is -2.00. The number of phenolic OH excluding ortho intramolecular Hbond substituents is 1. The monoisotopic (exact) mass is 413 g/mol. The van der Waals surface area contributed by atoms with Crippen molar-refractivity contribution in [2.45, 2.75) is 0 Å². The van der Waals surface area contributed by atoms with Crippen LogP contribution in [0.25, 0.3) is 32.5 Å². The number of phenols is 1. The molecular formula is C24H15NO4S. The number of rotatable bonds is 4. The molecule has 0 spiro atoms. The topological polar surface area (TPSA) is 83.3 Å². The summed E-state index contributed by atoms with van der Waals surface area (Å²) in [6, 6.07) is 21.9. The number of thiophene rings is 1. The van der Waals surface area contributed by atoms with Crippen molar-refractivity contribution >= 4 is 27.2 Å². The summed E-state index contributed by atoms with van der Waals surface area (Å²) in [7, 11) is 0. The summed E-state index contributed by atoms with van der Waals surface area (Å²) in [5.41, 5.74) is 3.71. The number of oxazole rings is 1. The van der Waals surface area contributed by atoms with Crippen LogP contribution in [-0.2, 0) is 0 Å². The Kier molecular flexibility index (Phi) is 4.34. The standard InChI is InChI=1S/C24H15NO4S/c26-17-10-11-18-20(12-17)30-23(22(27)16-4-2-1-3-5-16)21(18)15-8-6-14(7-9-15)19-13-29-24(28)25-19/h1-13,26H,(H,25,28). The Labute approximate surface area is 174 Å². The SMILES string of the molecule is O=C(c1ccccc1)c1sc2cc(O)ccc2c1-c1ccc(-c2coc(=O)[nH]2)cc1. The molecule has 2 heterocycles. The molecule has 5 aromatic rings. The van der Waals surface area contributed by atoms with Crippen molar-refractivity contribution in [1.82, 2.24) is 4.98 Å². The van der Waals surface area contributed by atoms with Gasteiger partial charge in [0.05, 0.1) is 10.6 Å². The molecule has 0 amide bonds. The maximum absolute atomic E-state index is 13.3. The van der Waals surface area contributed by atoms with E-state index in [0.717, 1.165) is 26.8 Å². The second-order valence-electron chi connectivity index (χ2n) is 6.82. The summed E-state index contributed by atoms with van der Waals surface area (Å²) in [6.07, 6.45) is 1.38. The number of aromatic nitrogens is 1. The molecule has 3 aromatic carbocycles. The maximum Gasteiger partial charge on any atom is 0.416 e. The normalized spacial score (nSPS) is 11.1. The van der Waals surface area contributed by atoms with Gasteiger partial charge in [0, 0.05) is 26.8 Å². The van der Waals surface area contributed by atoms with Crippen molar-refractivity contribution in [2.24, 2.45) is 0 Å². The highest BCUT2D eigenvalue weighted by atomic mass is 32.1. The molecule has 5 rings (SSSR count). The van der Waals surface area contributed by atoms with E-state index in [0.29, 0.717) is 16.1 Å². The number of benzene rings is 3. The molecule has 0 atom stereocenters. The second-order valence-corrected chi connectivity index (χ2v) is 7.87. The first kappa shape index (κ1) is 18.1. The largest absolute Gasteiger partial charge is 0.508 e. The Bertz CT molecular complexity index is 1430. The zero-order valence-electron chi connectivity index (χ0n) is 15.6. The van der Waals surface area contributed by atoms with Crippen LogP contribution < -0.4 is 5.76 Å². The number of aromatic hydroxyl groups is 1. The fourth-order valence-electron chi connectivity index (χ4n) is 3.49. The van der Waals surface area contributed by atoms with Crippen molar-refractivity contribution in [2.75, 3.05) is 0 Å². The average molecular weight is 413 g/mol. The molecule has 0 aliphatic rings. The molecule has 0 fully saturated rings. The number of fused-ring (bicyclic) bond motifs is 1. The Morgan fingerprint density at radius 3 is 2.37 bits per heavy atom. The molecule has 6 heteroatoms. The minimum absolute atomic E-state index is 0.0606. The van der Waals surface area contributed by atoms with Crippen molar-refractivity contribution in [3.05, 3.63) is 100 Å². The number of ketones is 1. The second kappa shape index (κ2) is 7.17. The zero-order chi connectivity index (χ0) is 20.7. The molecule has 0 aliphatic heterocycles. The average Bonchev–Trinajstić information content (AvgIpc) is 3.37. The van der Waals surface area contributed by atoms with Crippen LogP contribution >= 0.6 is 11.3 Å². The van der Waals surface area contributed by atoms with E-state index in [1.54, 1.807) is 24.3 Å². The molecule has 0 radical (unpaired) electrons. The Morgan fingerprint density at radius 2 is 1.67 bits per heavy atom. The van der Waals surface area contributed by atoms with Gasteiger partial charge in [0.1, 0.15) is 12.0 Å². The first-order valence-corrected chi connectivity index (χ1v) is 10.1. The summed E-state index contributed by atoms with van der Waals surface area (Å²) in [6.45, 7) is 0. The number of H-pyrrole nitrogens is 1. The predicted octanol–water partition coefficient (Wildman–Crippen LogP) is 5.45. The minimum atomic E-state index is -0.506. The summed E-state index contributed by atoms with van der Waals surface area (Å²) in [5.74, 6) is -0.406. The molecule has 0 saturated carbocycles. The highest BCUT2D eigenvalue weighted by Gasteiger charge is 2.21. The number of nitrogens with one attached hydrogen (secondary N) is 1. The number of carbonyl (C=O) groups excluding carboxylic acids is 1. The van der Waals surface area contributed by atoms with Crippen molar-refractivity contribution in [1.29, 1.82) is 0 Å². The lowest BCUT2D eigenvalue weighted by atomic mass is 9.97. The third-order valence-corrected chi connectivity index (χ3v) is 6.07. The summed E-state index contributed by atoms with van der Waals surface area (Å²) < 4.78 is 5.65. The fraction of sp³-hybridized carbons (Fsp3) is 0. The van der Waals surface area contributed by atoms with Crippen LogP contribution in [0.3, 0.4) is 0 Å². The van der Waals surface area contributed by atoms with Crippen molar-refractivity contribution < 1.29 is 14.3 Å². The molecule has 2 aromatic heterocycles. The molecule has 5 nitrogen and oxygen atoms in total. The number of hydrogen-bond acceptors (Lipinski definition) is 5. The van der Waals surface area contributed by atoms with E-state index >= 15 is 0 Å². The Hall–Kier alpha value is -3.90. The van der Waals surface area contributed by atoms with E-state index in [4.69, 9.17) is 4.42 Å². The summed E-state index contributed by atoms with van der Waals surface area (Å²) in [4.78, 5) is 27.8. The van der Waals surface area contributed by atoms with Gasteiger partial charge < -0.3 is 9.52 Å². The van der Waals surface area contributed by atoms with Crippen LogP contribution in [0.1, 0.15) is 15.2 Å². The smallest absolute Gasteiger partial charge is 0.416 e. The number of hydrogen-bond donors (Lipinski definition) is 2. The third-order valence-electron chi connectivity index (χ3n) is 4.92. The van der Waals surface area contributed by atoms with Gasteiger partial charge in [-0.2, -0.15) is 0 Å². The van der Waals surface area contributed by atoms with Crippen LogP contribution in [0, 0.1) is 0 Å². The van der Waals surface area contributed by atoms with Gasteiger partial charge in [-0.25, -0.2) is 4.79 Å². The van der Waals surface area contributed by atoms with Gasteiger partial charge in [0.25, 0.3) is 0 Å². The highest BCUT2D eigenvalue weighted by Crippen LogP contribution is 2.41. The van der Waals surface area contributed by atoms with Crippen LogP contribution in [0.5, 0.6) is 5.75 Å². The molecular weight excluding hydrogens is 398 g/mol. The van der Waals surface area contributed by atoms with Crippen LogP contribution in [0.15, 0.2) is 88.3 Å². The quantitative estimate of drug-likeness (QED) is 0.384. The Balaban J connectivity index is 1.67. The van der Waals surface area contributed by atoms with E-state index in [2.05, 4.69) is 4.98 Å². The molecule has 0 saturated heterocycles. The molecule has 2 N–H and O–H groups in total. The first-order valence-electron chi connectivity index (χ1n) is 9.24. The third kappa shape index (κ3) is 3.13. The molecule has 0 bridgehead atoms. The maximum atomic E-state index is 13.3. The van der Waals surface area contributed by atoms with Gasteiger partial charge in [-0.1, -0.05) is 54.6 Å². The van der Waals surface area contributed by atoms with Gasteiger partial charge in [-0.05, 0) is 23.8 Å². The van der Waals surface area contributed by atoms with Gasteiger partial charge in [0.2, 0.25) is 5.78 Å². The molecule has 0 unspecified atom stereocenters. The van der Waals surface area contributed by atoms with E-state index in [9.17, 15) is 14.7 Å². The lowest BCUT2D eigenvalue weighted by Gasteiger charge is -2.06. The van der Waals surface area contributed by atoms with Crippen molar-refractivity contribution in [3.8, 4) is 28.1 Å². The Morgan fingerprint density at radius 1 is 0.933 bits per heavy atom. The summed E-state index contributed by atoms with van der Waals surface area (Å²) >= 11 is 1.37. The molecule has 0 aliphatic carbocycles. The minimum Gasteiger partial charge on any atom is -0.508 e. The van der Waals surface area contributed by atoms with Gasteiger partial charge in [0.15, 0.2) is 0 Å². The van der Waals surface area contributed by atoms with Crippen LogP contribution in [0.4, 0.5) is 0 Å². The van der Waals surface area contributed by atoms with Crippen LogP contribution in [-0.4, -0.2) is 15.9 Å². The van der Waals surface area contributed by atoms with Crippen LogP contribution in [0.2, 0.25) is 0 Å². The van der Waals surface area contributed by atoms with Gasteiger partial charge >= 0.3 is 5.76 Å². The first-order chi connectivity index (χ1) is 14.6. The zero-order valence-corrected chi connectivity index (χ0v) is 16.4. The summed E-state index contributed by atoms with van der Waals surface area (Å²) in [5, 5.41) is 10.8. The lowest BCUT2D eigenvalue weighted by molar-refractivity contribution is 0.104. The number of aromatic amines is 1. The highest BCUT2D eigenvalue weighted by molar-refractivity contribution is 7.21. The predicted molar refractivity (Wildman–Crippen MR) is 117 cm³/mol. The van der Waals surface area contributed by atoms with E-state index in [-0.39, 0.29) is 11.5 Å². The van der Waals surface area contributed by atoms with Gasteiger partial charge in [-0.15, -0.1) is 11.3 Å². The van der Waals surface area contributed by atoms with E-state index < -0.39 is 5.76 Å². The molecule has 146 valence electrons. The van der Waals surface area contributed by atoms with E-state index in [1.807, 2.05) is 48.5 Å². The number of carbonyl (C=O) groups is 1. The van der Waals surface area contributed by atoms with E-state index in [1.165, 1.54) is 17.6 Å². The molecule has 30 heavy (non-hydrogen) atoms. The van der Waals surface area contributed by atoms with Crippen molar-refractivity contribution in [3.63, 3.8) is 0 Å². The van der Waals surface area contributed by atoms with Gasteiger partial charge in [-0.3, -0.25) is 9.78 Å².